The van der Waals surface area contributed by atoms with Crippen LogP contribution >= 0.6 is 11.6 Å². The Morgan fingerprint density at radius 3 is 2.46 bits per heavy atom. The first-order valence-electron chi connectivity index (χ1n) is 14.0. The van der Waals surface area contributed by atoms with Gasteiger partial charge in [-0.15, -0.1) is 0 Å². The van der Waals surface area contributed by atoms with Gasteiger partial charge >= 0.3 is 0 Å². The van der Waals surface area contributed by atoms with Crippen molar-refractivity contribution in [3.63, 3.8) is 0 Å². The van der Waals surface area contributed by atoms with E-state index in [4.69, 9.17) is 26.4 Å². The normalized spacial score (nSPS) is 14.1. The Labute approximate surface area is 245 Å². The van der Waals surface area contributed by atoms with Gasteiger partial charge in [0.05, 0.1) is 18.7 Å². The summed E-state index contributed by atoms with van der Waals surface area (Å²) in [5.74, 6) is 1.35. The summed E-state index contributed by atoms with van der Waals surface area (Å²) in [7, 11) is 1.58. The highest BCUT2D eigenvalue weighted by Crippen LogP contribution is 2.31. The third kappa shape index (κ3) is 6.65. The second kappa shape index (κ2) is 13.1. The summed E-state index contributed by atoms with van der Waals surface area (Å²) in [4.78, 5) is 37.6. The third-order valence-corrected chi connectivity index (χ3v) is 7.93. The largest absolute Gasteiger partial charge is 0.495 e. The lowest BCUT2D eigenvalue weighted by Gasteiger charge is -2.31. The van der Waals surface area contributed by atoms with Crippen LogP contribution in [0.3, 0.4) is 0 Å². The molecule has 5 rings (SSSR count). The molecule has 8 nitrogen and oxygen atoms in total. The van der Waals surface area contributed by atoms with Crippen LogP contribution in [-0.4, -0.2) is 56.0 Å². The van der Waals surface area contributed by atoms with E-state index in [-0.39, 0.29) is 24.2 Å². The number of halogens is 1. The highest BCUT2D eigenvalue weighted by atomic mass is 35.5. The van der Waals surface area contributed by atoms with E-state index in [0.717, 1.165) is 36.8 Å². The zero-order chi connectivity index (χ0) is 28.8. The quantitative estimate of drug-likeness (QED) is 0.195. The Morgan fingerprint density at radius 1 is 1.05 bits per heavy atom. The Kier molecular flexibility index (Phi) is 9.09. The van der Waals surface area contributed by atoms with Gasteiger partial charge in [0.25, 0.3) is 0 Å². The molecular weight excluding hydrogens is 538 g/mol. The average molecular weight is 572 g/mol. The number of ketones is 1. The number of hydrogen-bond acceptors (Lipinski definition) is 6. The number of amides is 1. The summed E-state index contributed by atoms with van der Waals surface area (Å²) in [5, 5.41) is 5.31. The maximum Gasteiger partial charge on any atom is 0.226 e. The monoisotopic (exact) mass is 571 g/mol. The minimum absolute atomic E-state index is 0.00435. The minimum Gasteiger partial charge on any atom is -0.495 e. The fourth-order valence-electron chi connectivity index (χ4n) is 5.42. The standard InChI is InChI=1S/C32H34ClN5O3/c1-22(20-28(39)23-8-4-3-5-9-23)32(40)37(26-10-6-7-11-26)18-19-38-31(25-12-13-29(41-2)27(33)21-25)35-30(36-38)24-14-16-34-17-15-24/h3-5,8-9,12-17,21-22,26H,6-7,10-11,18-20H2,1-2H3. The lowest BCUT2D eigenvalue weighted by molar-refractivity contribution is -0.137. The van der Waals surface area contributed by atoms with Gasteiger partial charge in [-0.2, -0.15) is 5.10 Å². The minimum atomic E-state index is -0.425. The molecule has 1 fully saturated rings. The van der Waals surface area contributed by atoms with Crippen LogP contribution in [0.15, 0.2) is 73.1 Å². The Hall–Kier alpha value is -4.04. The molecule has 0 spiro atoms. The van der Waals surface area contributed by atoms with Crippen LogP contribution < -0.4 is 4.74 Å². The molecule has 1 atom stereocenters. The molecule has 0 radical (unpaired) electrons. The average Bonchev–Trinajstić information content (AvgIpc) is 3.69. The summed E-state index contributed by atoms with van der Waals surface area (Å²) in [6.45, 7) is 2.76. The molecule has 1 saturated carbocycles. The molecular formula is C32H34ClN5O3. The number of methoxy groups -OCH3 is 1. The molecule has 0 saturated heterocycles. The van der Waals surface area contributed by atoms with Crippen molar-refractivity contribution in [1.82, 2.24) is 24.6 Å². The van der Waals surface area contributed by atoms with Gasteiger partial charge in [0, 0.05) is 54.0 Å². The molecule has 2 heterocycles. The van der Waals surface area contributed by atoms with Gasteiger partial charge in [-0.25, -0.2) is 9.67 Å². The van der Waals surface area contributed by atoms with E-state index < -0.39 is 5.92 Å². The van der Waals surface area contributed by atoms with Crippen LogP contribution in [0.5, 0.6) is 5.75 Å². The highest BCUT2D eigenvalue weighted by Gasteiger charge is 2.31. The number of aromatic nitrogens is 4. The second-order valence-corrected chi connectivity index (χ2v) is 10.8. The van der Waals surface area contributed by atoms with Crippen molar-refractivity contribution in [2.45, 2.75) is 51.6 Å². The summed E-state index contributed by atoms with van der Waals surface area (Å²) in [5.41, 5.74) is 2.27. The molecule has 0 bridgehead atoms. The van der Waals surface area contributed by atoms with Crippen LogP contribution in [0.2, 0.25) is 5.02 Å². The van der Waals surface area contributed by atoms with Crippen molar-refractivity contribution in [2.75, 3.05) is 13.7 Å². The number of rotatable bonds is 11. The van der Waals surface area contributed by atoms with E-state index in [2.05, 4.69) is 4.98 Å². The third-order valence-electron chi connectivity index (χ3n) is 7.63. The van der Waals surface area contributed by atoms with Crippen LogP contribution in [-0.2, 0) is 11.3 Å². The van der Waals surface area contributed by atoms with Crippen molar-refractivity contribution in [1.29, 1.82) is 0 Å². The van der Waals surface area contributed by atoms with E-state index >= 15 is 0 Å². The summed E-state index contributed by atoms with van der Waals surface area (Å²) < 4.78 is 7.17. The van der Waals surface area contributed by atoms with Crippen LogP contribution in [0.4, 0.5) is 0 Å². The summed E-state index contributed by atoms with van der Waals surface area (Å²) >= 11 is 6.46. The van der Waals surface area contributed by atoms with Crippen molar-refractivity contribution in [3.05, 3.63) is 83.6 Å². The Balaban J connectivity index is 1.40. The molecule has 4 aromatic rings. The molecule has 1 unspecified atom stereocenters. The van der Waals surface area contributed by atoms with Crippen molar-refractivity contribution < 1.29 is 14.3 Å². The van der Waals surface area contributed by atoms with Gasteiger partial charge < -0.3 is 9.64 Å². The SMILES string of the molecule is COc1ccc(-c2nc(-c3ccncc3)nn2CCN(C(=O)C(C)CC(=O)c2ccccc2)C2CCCC2)cc1Cl. The second-order valence-electron chi connectivity index (χ2n) is 10.4. The fraction of sp³-hybridized carbons (Fsp3) is 0.344. The van der Waals surface area contributed by atoms with E-state index in [9.17, 15) is 9.59 Å². The molecule has 9 heteroatoms. The lowest BCUT2D eigenvalue weighted by Crippen LogP contribution is -2.44. The molecule has 2 aromatic heterocycles. The van der Waals surface area contributed by atoms with E-state index in [0.29, 0.717) is 41.1 Å². The highest BCUT2D eigenvalue weighted by molar-refractivity contribution is 6.32. The van der Waals surface area contributed by atoms with Crippen molar-refractivity contribution in [2.24, 2.45) is 5.92 Å². The van der Waals surface area contributed by atoms with E-state index in [1.54, 1.807) is 31.6 Å². The zero-order valence-electron chi connectivity index (χ0n) is 23.4. The molecule has 2 aromatic carbocycles. The van der Waals surface area contributed by atoms with Crippen LogP contribution in [0.1, 0.15) is 49.4 Å². The number of pyridine rings is 1. The number of hydrogen-bond donors (Lipinski definition) is 0. The van der Waals surface area contributed by atoms with Gasteiger partial charge in [0.2, 0.25) is 5.91 Å². The molecule has 212 valence electrons. The zero-order valence-corrected chi connectivity index (χ0v) is 24.1. The number of Topliss-reactive ketones (excluding diaryl/α,β-unsaturated/α-hetero) is 1. The van der Waals surface area contributed by atoms with Gasteiger partial charge in [0.1, 0.15) is 5.75 Å². The number of nitrogens with zero attached hydrogens (tertiary/aromatic N) is 5. The van der Waals surface area contributed by atoms with Gasteiger partial charge in [0.15, 0.2) is 17.4 Å². The van der Waals surface area contributed by atoms with Gasteiger partial charge in [-0.3, -0.25) is 14.6 Å². The topological polar surface area (TPSA) is 90.2 Å². The summed E-state index contributed by atoms with van der Waals surface area (Å²) in [6.07, 6.45) is 7.71. The number of ether oxygens (including phenoxy) is 1. The van der Waals surface area contributed by atoms with Crippen molar-refractivity contribution in [3.8, 4) is 28.5 Å². The molecule has 41 heavy (non-hydrogen) atoms. The first kappa shape index (κ1) is 28.5. The Morgan fingerprint density at radius 2 is 1.78 bits per heavy atom. The van der Waals surface area contributed by atoms with E-state index in [1.807, 2.05) is 65.0 Å². The van der Waals surface area contributed by atoms with Crippen LogP contribution in [0.25, 0.3) is 22.8 Å². The first-order chi connectivity index (χ1) is 19.9. The number of carbonyl (C=O) groups excluding carboxylic acids is 2. The molecule has 0 aliphatic heterocycles. The van der Waals surface area contributed by atoms with Crippen molar-refractivity contribution >= 4 is 23.3 Å². The lowest BCUT2D eigenvalue weighted by atomic mass is 9.97. The molecule has 1 aliphatic carbocycles. The maximum absolute atomic E-state index is 13.8. The predicted molar refractivity (Wildman–Crippen MR) is 159 cm³/mol. The molecule has 0 N–H and O–H groups in total. The maximum atomic E-state index is 13.8. The fourth-order valence-corrected chi connectivity index (χ4v) is 5.68. The van der Waals surface area contributed by atoms with E-state index in [1.165, 1.54) is 0 Å². The Bertz CT molecular complexity index is 1490. The smallest absolute Gasteiger partial charge is 0.226 e. The van der Waals surface area contributed by atoms with Gasteiger partial charge in [-0.1, -0.05) is 61.7 Å². The van der Waals surface area contributed by atoms with Crippen LogP contribution in [0, 0.1) is 5.92 Å². The number of benzene rings is 2. The number of carbonyl (C=O) groups is 2. The van der Waals surface area contributed by atoms with Gasteiger partial charge in [-0.05, 0) is 43.2 Å². The summed E-state index contributed by atoms with van der Waals surface area (Å²) in [6, 6.07) is 18.6. The first-order valence-corrected chi connectivity index (χ1v) is 14.4. The molecule has 1 aliphatic rings. The predicted octanol–water partition coefficient (Wildman–Crippen LogP) is 6.35. The molecule has 1 amide bonds.